The predicted octanol–water partition coefficient (Wildman–Crippen LogP) is 1.04. The van der Waals surface area contributed by atoms with Crippen LogP contribution in [0.1, 0.15) is 17.7 Å². The number of aromatic nitrogens is 1. The molecule has 0 fully saturated rings. The number of ether oxygens (including phenoxy) is 1. The summed E-state index contributed by atoms with van der Waals surface area (Å²) in [7, 11) is 1.40. The van der Waals surface area contributed by atoms with Gasteiger partial charge in [-0.1, -0.05) is 6.07 Å². The van der Waals surface area contributed by atoms with Gasteiger partial charge in [0.15, 0.2) is 0 Å². The Morgan fingerprint density at radius 1 is 1.53 bits per heavy atom. The molecule has 0 aliphatic rings. The Bertz CT molecular complexity index is 309. The fourth-order valence-corrected chi connectivity index (χ4v) is 1.13. The Morgan fingerprint density at radius 2 is 2.33 bits per heavy atom. The smallest absolute Gasteiger partial charge is 0.306 e. The number of hydrogen-bond acceptors (Lipinski definition) is 4. The number of rotatable bonds is 5. The van der Waals surface area contributed by atoms with Crippen molar-refractivity contribution in [2.75, 3.05) is 13.7 Å². The number of carbonyl (C=O) groups excluding carboxylic acids is 1. The number of nitrogens with zero attached hydrogens (tertiary/aromatic N) is 1. The number of nitrogens with one attached hydrogen (secondary N) is 1. The molecule has 4 heteroatoms. The van der Waals surface area contributed by atoms with Crippen LogP contribution in [-0.4, -0.2) is 24.6 Å². The van der Waals surface area contributed by atoms with E-state index in [9.17, 15) is 4.79 Å². The zero-order chi connectivity index (χ0) is 11.1. The molecule has 0 radical (unpaired) electrons. The fraction of sp³-hybridized carbons (Fsp3) is 0.455. The van der Waals surface area contributed by atoms with Crippen molar-refractivity contribution in [3.63, 3.8) is 0 Å². The minimum absolute atomic E-state index is 0.190. The molecule has 1 heterocycles. The van der Waals surface area contributed by atoms with E-state index >= 15 is 0 Å². The lowest BCUT2D eigenvalue weighted by Crippen LogP contribution is -2.18. The number of carbonyl (C=O) groups is 1. The molecule has 0 unspecified atom stereocenters. The van der Waals surface area contributed by atoms with Crippen LogP contribution in [0.3, 0.4) is 0 Å². The van der Waals surface area contributed by atoms with Crippen molar-refractivity contribution in [1.82, 2.24) is 10.3 Å². The van der Waals surface area contributed by atoms with Gasteiger partial charge in [0, 0.05) is 25.0 Å². The minimum atomic E-state index is -0.190. The van der Waals surface area contributed by atoms with E-state index in [0.717, 1.165) is 17.8 Å². The van der Waals surface area contributed by atoms with Gasteiger partial charge in [-0.25, -0.2) is 0 Å². The number of pyridine rings is 1. The van der Waals surface area contributed by atoms with Gasteiger partial charge in [0.05, 0.1) is 13.5 Å². The molecule has 0 aliphatic heterocycles. The summed E-state index contributed by atoms with van der Waals surface area (Å²) in [6.07, 6.45) is 2.23. The summed E-state index contributed by atoms with van der Waals surface area (Å²) in [5.41, 5.74) is 2.12. The van der Waals surface area contributed by atoms with Gasteiger partial charge in [0.25, 0.3) is 0 Å². The molecule has 1 aromatic heterocycles. The third kappa shape index (κ3) is 4.56. The zero-order valence-electron chi connectivity index (χ0n) is 9.12. The molecule has 0 saturated carbocycles. The van der Waals surface area contributed by atoms with Crippen LogP contribution in [0.15, 0.2) is 18.3 Å². The second-order valence-electron chi connectivity index (χ2n) is 3.31. The maximum Gasteiger partial charge on any atom is 0.306 e. The predicted molar refractivity (Wildman–Crippen MR) is 57.3 cm³/mol. The van der Waals surface area contributed by atoms with Crippen LogP contribution >= 0.6 is 0 Å². The number of hydrogen-bond donors (Lipinski definition) is 1. The van der Waals surface area contributed by atoms with Crippen LogP contribution < -0.4 is 5.32 Å². The van der Waals surface area contributed by atoms with E-state index in [1.807, 2.05) is 25.3 Å². The summed E-state index contributed by atoms with van der Waals surface area (Å²) in [4.78, 5) is 15.0. The molecule has 0 saturated heterocycles. The monoisotopic (exact) mass is 208 g/mol. The molecule has 0 atom stereocenters. The molecule has 0 spiro atoms. The van der Waals surface area contributed by atoms with E-state index in [4.69, 9.17) is 0 Å². The van der Waals surface area contributed by atoms with Gasteiger partial charge in [-0.15, -0.1) is 0 Å². The molecule has 0 amide bonds. The summed E-state index contributed by atoms with van der Waals surface area (Å²) in [5, 5.41) is 3.15. The lowest BCUT2D eigenvalue weighted by Gasteiger charge is -2.03. The minimum Gasteiger partial charge on any atom is -0.469 e. The maximum atomic E-state index is 10.8. The SMILES string of the molecule is COC(=O)CCNCc1ccc(C)nc1. The van der Waals surface area contributed by atoms with Crippen molar-refractivity contribution in [1.29, 1.82) is 0 Å². The molecular weight excluding hydrogens is 192 g/mol. The van der Waals surface area contributed by atoms with Crippen molar-refractivity contribution in [3.05, 3.63) is 29.6 Å². The molecule has 1 rings (SSSR count). The van der Waals surface area contributed by atoms with Crippen molar-refractivity contribution < 1.29 is 9.53 Å². The van der Waals surface area contributed by atoms with E-state index in [1.54, 1.807) is 0 Å². The molecule has 15 heavy (non-hydrogen) atoms. The van der Waals surface area contributed by atoms with Crippen LogP contribution in [0.4, 0.5) is 0 Å². The van der Waals surface area contributed by atoms with E-state index in [0.29, 0.717) is 13.0 Å². The van der Waals surface area contributed by atoms with Gasteiger partial charge < -0.3 is 10.1 Å². The van der Waals surface area contributed by atoms with Crippen LogP contribution in [0.2, 0.25) is 0 Å². The summed E-state index contributed by atoms with van der Waals surface area (Å²) < 4.78 is 4.53. The van der Waals surface area contributed by atoms with E-state index < -0.39 is 0 Å². The van der Waals surface area contributed by atoms with E-state index in [1.165, 1.54) is 7.11 Å². The Kier molecular flexibility index (Phi) is 4.77. The van der Waals surface area contributed by atoms with Crippen molar-refractivity contribution in [2.45, 2.75) is 19.9 Å². The summed E-state index contributed by atoms with van der Waals surface area (Å²) in [5.74, 6) is -0.190. The first-order chi connectivity index (χ1) is 7.22. The average Bonchev–Trinajstić information content (AvgIpc) is 2.26. The molecule has 1 aromatic rings. The second kappa shape index (κ2) is 6.14. The Labute approximate surface area is 89.7 Å². The second-order valence-corrected chi connectivity index (χ2v) is 3.31. The lowest BCUT2D eigenvalue weighted by atomic mass is 10.2. The topological polar surface area (TPSA) is 51.2 Å². The standard InChI is InChI=1S/C11H16N2O2/c1-9-3-4-10(8-13-9)7-12-6-5-11(14)15-2/h3-4,8,12H,5-7H2,1-2H3. The number of aryl methyl sites for hydroxylation is 1. The molecule has 0 aromatic carbocycles. The zero-order valence-corrected chi connectivity index (χ0v) is 9.12. The Hall–Kier alpha value is -1.42. The first-order valence-electron chi connectivity index (χ1n) is 4.91. The van der Waals surface area contributed by atoms with Crippen molar-refractivity contribution >= 4 is 5.97 Å². The van der Waals surface area contributed by atoms with Gasteiger partial charge in [-0.2, -0.15) is 0 Å². The lowest BCUT2D eigenvalue weighted by molar-refractivity contribution is -0.140. The fourth-order valence-electron chi connectivity index (χ4n) is 1.13. The molecular formula is C11H16N2O2. The quantitative estimate of drug-likeness (QED) is 0.580. The highest BCUT2D eigenvalue weighted by atomic mass is 16.5. The first-order valence-corrected chi connectivity index (χ1v) is 4.91. The maximum absolute atomic E-state index is 10.8. The van der Waals surface area contributed by atoms with Crippen molar-refractivity contribution in [3.8, 4) is 0 Å². The van der Waals surface area contributed by atoms with E-state index in [-0.39, 0.29) is 5.97 Å². The largest absolute Gasteiger partial charge is 0.469 e. The highest BCUT2D eigenvalue weighted by Crippen LogP contribution is 1.98. The summed E-state index contributed by atoms with van der Waals surface area (Å²) >= 11 is 0. The average molecular weight is 208 g/mol. The molecule has 0 bridgehead atoms. The first kappa shape index (κ1) is 11.7. The highest BCUT2D eigenvalue weighted by Gasteiger charge is 1.98. The van der Waals surface area contributed by atoms with Gasteiger partial charge >= 0.3 is 5.97 Å². The van der Waals surface area contributed by atoms with Crippen LogP contribution in [0.5, 0.6) is 0 Å². The van der Waals surface area contributed by atoms with Gasteiger partial charge in [0.2, 0.25) is 0 Å². The van der Waals surface area contributed by atoms with Gasteiger partial charge in [0.1, 0.15) is 0 Å². The number of methoxy groups -OCH3 is 1. The summed E-state index contributed by atoms with van der Waals surface area (Å²) in [6.45, 7) is 3.30. The normalized spacial score (nSPS) is 10.0. The molecule has 82 valence electrons. The molecule has 0 aliphatic carbocycles. The van der Waals surface area contributed by atoms with Crippen molar-refractivity contribution in [2.24, 2.45) is 0 Å². The Balaban J connectivity index is 2.20. The van der Waals surface area contributed by atoms with Gasteiger partial charge in [-0.3, -0.25) is 9.78 Å². The van der Waals surface area contributed by atoms with Gasteiger partial charge in [-0.05, 0) is 18.6 Å². The highest BCUT2D eigenvalue weighted by molar-refractivity contribution is 5.69. The third-order valence-corrected chi connectivity index (χ3v) is 2.04. The molecule has 1 N–H and O–H groups in total. The van der Waals surface area contributed by atoms with E-state index in [2.05, 4.69) is 15.0 Å². The summed E-state index contributed by atoms with van der Waals surface area (Å²) in [6, 6.07) is 3.99. The molecule has 4 nitrogen and oxygen atoms in total. The third-order valence-electron chi connectivity index (χ3n) is 2.04. The van der Waals surface area contributed by atoms with Crippen LogP contribution in [0.25, 0.3) is 0 Å². The Morgan fingerprint density at radius 3 is 2.93 bits per heavy atom. The number of esters is 1. The van der Waals surface area contributed by atoms with Crippen LogP contribution in [0, 0.1) is 6.92 Å². The van der Waals surface area contributed by atoms with Crippen LogP contribution in [-0.2, 0) is 16.1 Å².